The second-order valence-electron chi connectivity index (χ2n) is 3.80. The van der Waals surface area contributed by atoms with Crippen LogP contribution in [-0.4, -0.2) is 27.0 Å². The number of carbonyl (C=O) groups is 2. The zero-order chi connectivity index (χ0) is 14.7. The Labute approximate surface area is 123 Å². The maximum absolute atomic E-state index is 12.0. The van der Waals surface area contributed by atoms with E-state index in [1.54, 1.807) is 6.07 Å². The van der Waals surface area contributed by atoms with Gasteiger partial charge in [0.25, 0.3) is 5.91 Å². The highest BCUT2D eigenvalue weighted by molar-refractivity contribution is 7.16. The lowest BCUT2D eigenvalue weighted by Gasteiger charge is -2.03. The van der Waals surface area contributed by atoms with Crippen LogP contribution >= 0.6 is 22.9 Å². The van der Waals surface area contributed by atoms with Crippen LogP contribution < -0.4 is 5.32 Å². The third-order valence-electron chi connectivity index (χ3n) is 2.43. The van der Waals surface area contributed by atoms with E-state index in [1.807, 2.05) is 6.92 Å². The molecule has 20 heavy (non-hydrogen) atoms. The molecule has 6 nitrogen and oxygen atoms in total. The smallest absolute Gasteiger partial charge is 0.338 e. The standard InChI is InChI=1S/C12H10ClN3O3S/c1-2-6-3-7(12(18)19)11(20-6)16-10(17)8-4-14-5-9(13)15-8/h3-5H,2H2,1H3,(H,16,17)(H,18,19). The number of hydrogen-bond acceptors (Lipinski definition) is 5. The molecule has 0 aliphatic heterocycles. The van der Waals surface area contributed by atoms with Gasteiger partial charge in [0.15, 0.2) is 0 Å². The van der Waals surface area contributed by atoms with Gasteiger partial charge in [0.2, 0.25) is 0 Å². The van der Waals surface area contributed by atoms with Gasteiger partial charge in [-0.1, -0.05) is 18.5 Å². The van der Waals surface area contributed by atoms with Gasteiger partial charge in [-0.25, -0.2) is 9.78 Å². The van der Waals surface area contributed by atoms with Crippen molar-refractivity contribution in [2.24, 2.45) is 0 Å². The van der Waals surface area contributed by atoms with Crippen LogP contribution in [0.3, 0.4) is 0 Å². The van der Waals surface area contributed by atoms with Gasteiger partial charge < -0.3 is 10.4 Å². The number of carboxylic acid groups (broad SMARTS) is 1. The zero-order valence-corrected chi connectivity index (χ0v) is 12.0. The van der Waals surface area contributed by atoms with E-state index in [0.29, 0.717) is 6.42 Å². The van der Waals surface area contributed by atoms with Crippen LogP contribution in [0.1, 0.15) is 32.6 Å². The Bertz CT molecular complexity index is 672. The molecule has 104 valence electrons. The molecule has 2 aromatic heterocycles. The van der Waals surface area contributed by atoms with Crippen molar-refractivity contribution in [3.63, 3.8) is 0 Å². The van der Waals surface area contributed by atoms with Gasteiger partial charge in [0, 0.05) is 4.88 Å². The molecule has 0 saturated carbocycles. The minimum absolute atomic E-state index is 0.0280. The van der Waals surface area contributed by atoms with Crippen molar-refractivity contribution < 1.29 is 14.7 Å². The minimum Gasteiger partial charge on any atom is -0.478 e. The molecule has 0 aromatic carbocycles. The number of aromatic carboxylic acids is 1. The van der Waals surface area contributed by atoms with Gasteiger partial charge in [-0.2, -0.15) is 0 Å². The van der Waals surface area contributed by atoms with Gasteiger partial charge in [0.05, 0.1) is 18.0 Å². The molecule has 0 spiro atoms. The summed E-state index contributed by atoms with van der Waals surface area (Å²) in [4.78, 5) is 31.6. The first kappa shape index (κ1) is 14.4. The van der Waals surface area contributed by atoms with Crippen LogP contribution in [0, 0.1) is 0 Å². The van der Waals surface area contributed by atoms with Crippen molar-refractivity contribution in [3.05, 3.63) is 39.7 Å². The molecule has 0 saturated heterocycles. The van der Waals surface area contributed by atoms with Crippen LogP contribution in [0.2, 0.25) is 5.15 Å². The Morgan fingerprint density at radius 2 is 2.20 bits per heavy atom. The zero-order valence-electron chi connectivity index (χ0n) is 10.4. The Kier molecular flexibility index (Phi) is 4.31. The van der Waals surface area contributed by atoms with Crippen molar-refractivity contribution in [2.45, 2.75) is 13.3 Å². The molecule has 2 N–H and O–H groups in total. The summed E-state index contributed by atoms with van der Waals surface area (Å²) in [6, 6.07) is 1.55. The number of anilines is 1. The summed E-state index contributed by atoms with van der Waals surface area (Å²) in [5.74, 6) is -1.64. The van der Waals surface area contributed by atoms with E-state index in [1.165, 1.54) is 23.7 Å². The third kappa shape index (κ3) is 3.12. The Balaban J connectivity index is 2.27. The molecule has 0 aliphatic carbocycles. The van der Waals surface area contributed by atoms with E-state index in [2.05, 4.69) is 15.3 Å². The topological polar surface area (TPSA) is 92.2 Å². The Morgan fingerprint density at radius 3 is 2.80 bits per heavy atom. The monoisotopic (exact) mass is 311 g/mol. The van der Waals surface area contributed by atoms with E-state index < -0.39 is 11.9 Å². The fourth-order valence-corrected chi connectivity index (χ4v) is 2.62. The number of halogens is 1. The summed E-state index contributed by atoms with van der Waals surface area (Å²) in [6.07, 6.45) is 3.26. The predicted molar refractivity (Wildman–Crippen MR) is 75.7 cm³/mol. The molecular weight excluding hydrogens is 302 g/mol. The SMILES string of the molecule is CCc1cc(C(=O)O)c(NC(=O)c2cncc(Cl)n2)s1. The number of rotatable bonds is 4. The number of thiophene rings is 1. The summed E-state index contributed by atoms with van der Waals surface area (Å²) < 4.78 is 0. The number of amides is 1. The highest BCUT2D eigenvalue weighted by Crippen LogP contribution is 2.29. The molecule has 0 fully saturated rings. The van der Waals surface area contributed by atoms with Gasteiger partial charge in [0.1, 0.15) is 15.8 Å². The van der Waals surface area contributed by atoms with Crippen LogP contribution in [0.4, 0.5) is 5.00 Å². The lowest BCUT2D eigenvalue weighted by atomic mass is 10.2. The average Bonchev–Trinajstić information content (AvgIpc) is 2.82. The lowest BCUT2D eigenvalue weighted by Crippen LogP contribution is -2.15. The number of hydrogen-bond donors (Lipinski definition) is 2. The maximum atomic E-state index is 12.0. The van der Waals surface area contributed by atoms with Gasteiger partial charge in [-0.3, -0.25) is 9.78 Å². The van der Waals surface area contributed by atoms with Crippen molar-refractivity contribution in [1.29, 1.82) is 0 Å². The first-order valence-corrected chi connectivity index (χ1v) is 6.85. The molecule has 2 heterocycles. The van der Waals surface area contributed by atoms with E-state index in [-0.39, 0.29) is 21.4 Å². The molecule has 0 aliphatic rings. The van der Waals surface area contributed by atoms with Crippen molar-refractivity contribution in [2.75, 3.05) is 5.32 Å². The summed E-state index contributed by atoms with van der Waals surface area (Å²) in [5, 5.41) is 12.0. The first-order valence-electron chi connectivity index (χ1n) is 5.66. The van der Waals surface area contributed by atoms with Gasteiger partial charge in [-0.05, 0) is 12.5 Å². The Morgan fingerprint density at radius 1 is 1.45 bits per heavy atom. The number of carboxylic acids is 1. The summed E-state index contributed by atoms with van der Waals surface area (Å²) in [7, 11) is 0. The van der Waals surface area contributed by atoms with E-state index in [0.717, 1.165) is 4.88 Å². The van der Waals surface area contributed by atoms with Gasteiger partial charge in [-0.15, -0.1) is 11.3 Å². The first-order chi connectivity index (χ1) is 9.51. The molecule has 1 amide bonds. The second-order valence-corrected chi connectivity index (χ2v) is 5.32. The van der Waals surface area contributed by atoms with Crippen LogP contribution in [0.25, 0.3) is 0 Å². The molecule has 0 radical (unpaired) electrons. The quantitative estimate of drug-likeness (QED) is 0.905. The van der Waals surface area contributed by atoms with E-state index in [4.69, 9.17) is 16.7 Å². The second kappa shape index (κ2) is 5.98. The fourth-order valence-electron chi connectivity index (χ4n) is 1.49. The summed E-state index contributed by atoms with van der Waals surface area (Å²) >= 11 is 6.88. The lowest BCUT2D eigenvalue weighted by molar-refractivity contribution is 0.0698. The van der Waals surface area contributed by atoms with E-state index >= 15 is 0 Å². The fraction of sp³-hybridized carbons (Fsp3) is 0.167. The van der Waals surface area contributed by atoms with Crippen molar-refractivity contribution >= 4 is 39.8 Å². The maximum Gasteiger partial charge on any atom is 0.338 e. The molecule has 2 aromatic rings. The van der Waals surface area contributed by atoms with Crippen LogP contribution in [-0.2, 0) is 6.42 Å². The van der Waals surface area contributed by atoms with Gasteiger partial charge >= 0.3 is 5.97 Å². The highest BCUT2D eigenvalue weighted by Gasteiger charge is 2.18. The molecule has 0 bridgehead atoms. The number of aryl methyl sites for hydroxylation is 1. The van der Waals surface area contributed by atoms with Crippen molar-refractivity contribution in [3.8, 4) is 0 Å². The largest absolute Gasteiger partial charge is 0.478 e. The number of carbonyl (C=O) groups excluding carboxylic acids is 1. The van der Waals surface area contributed by atoms with Crippen LogP contribution in [0.15, 0.2) is 18.5 Å². The molecule has 0 atom stereocenters. The average molecular weight is 312 g/mol. The molecule has 8 heteroatoms. The van der Waals surface area contributed by atoms with E-state index in [9.17, 15) is 9.59 Å². The third-order valence-corrected chi connectivity index (χ3v) is 3.80. The van der Waals surface area contributed by atoms with Crippen LogP contribution in [0.5, 0.6) is 0 Å². The normalized spacial score (nSPS) is 10.3. The number of nitrogens with one attached hydrogen (secondary N) is 1. The predicted octanol–water partition coefficient (Wildman–Crippen LogP) is 2.70. The minimum atomic E-state index is -1.09. The summed E-state index contributed by atoms with van der Waals surface area (Å²) in [5.41, 5.74) is 0.0930. The van der Waals surface area contributed by atoms with Crippen molar-refractivity contribution in [1.82, 2.24) is 9.97 Å². The number of nitrogens with zero attached hydrogens (tertiary/aromatic N) is 2. The molecular formula is C12H10ClN3O3S. The summed E-state index contributed by atoms with van der Waals surface area (Å²) in [6.45, 7) is 1.91. The number of aromatic nitrogens is 2. The Hall–Kier alpha value is -1.99. The highest BCUT2D eigenvalue weighted by atomic mass is 35.5. The molecule has 0 unspecified atom stereocenters. The molecule has 2 rings (SSSR count).